The fraction of sp³-hybridized carbons (Fsp3) is 0.733. The molecule has 0 unspecified atom stereocenters. The maximum atomic E-state index is 12.0. The smallest absolute Gasteiger partial charge is 0.317 e. The number of hydrogen-bond donors (Lipinski definition) is 2. The Morgan fingerprint density at radius 3 is 2.92 bits per heavy atom. The summed E-state index contributed by atoms with van der Waals surface area (Å²) in [5.74, 6) is 0.633. The summed E-state index contributed by atoms with van der Waals surface area (Å²) in [4.78, 5) is 27.0. The quantitative estimate of drug-likeness (QED) is 0.681. The van der Waals surface area contributed by atoms with Crippen LogP contribution in [0.5, 0.6) is 0 Å². The molecule has 9 heteroatoms. The van der Waals surface area contributed by atoms with Gasteiger partial charge in [-0.15, -0.1) is 10.2 Å². The predicted octanol–water partition coefficient (Wildman–Crippen LogP) is 0.107. The second kappa shape index (κ2) is 8.62. The van der Waals surface area contributed by atoms with Gasteiger partial charge < -0.3 is 25.3 Å². The highest BCUT2D eigenvalue weighted by atomic mass is 16.4. The largest absolute Gasteiger partial charge is 0.424 e. The average molecular weight is 338 g/mol. The summed E-state index contributed by atoms with van der Waals surface area (Å²) in [6.45, 7) is 5.10. The lowest BCUT2D eigenvalue weighted by Crippen LogP contribution is -2.42. The van der Waals surface area contributed by atoms with Gasteiger partial charge in [0.05, 0.1) is 5.92 Å². The van der Waals surface area contributed by atoms with Crippen LogP contribution in [-0.4, -0.2) is 65.2 Å². The number of carbonyl (C=O) groups excluding carboxylic acids is 2. The van der Waals surface area contributed by atoms with E-state index in [2.05, 4.69) is 20.4 Å². The van der Waals surface area contributed by atoms with Gasteiger partial charge in [-0.2, -0.15) is 0 Å². The fourth-order valence-electron chi connectivity index (χ4n) is 2.80. The zero-order valence-electron chi connectivity index (χ0n) is 14.3. The molecule has 9 nitrogen and oxygen atoms in total. The van der Waals surface area contributed by atoms with Crippen LogP contribution in [0.1, 0.15) is 31.0 Å². The van der Waals surface area contributed by atoms with Gasteiger partial charge in [0.2, 0.25) is 17.7 Å². The minimum Gasteiger partial charge on any atom is -0.424 e. The molecule has 0 aromatic carbocycles. The third kappa shape index (κ3) is 5.48. The molecule has 0 saturated carbocycles. The molecule has 3 N–H and O–H groups in total. The Labute approximate surface area is 141 Å². The molecule has 1 atom stereocenters. The van der Waals surface area contributed by atoms with E-state index in [0.717, 1.165) is 38.9 Å². The van der Waals surface area contributed by atoms with E-state index >= 15 is 0 Å². The van der Waals surface area contributed by atoms with Crippen LogP contribution in [0.4, 0.5) is 4.79 Å². The SMILES string of the molecule is Cc1nnc(CN(C)C(=O)NCCCN2CCC[C@H](C(N)=O)C2)o1. The minimum absolute atomic E-state index is 0.0441. The van der Waals surface area contributed by atoms with Gasteiger partial charge >= 0.3 is 6.03 Å². The van der Waals surface area contributed by atoms with Crippen molar-refractivity contribution in [2.75, 3.05) is 33.2 Å². The van der Waals surface area contributed by atoms with Crippen LogP contribution in [0.3, 0.4) is 0 Å². The Kier molecular flexibility index (Phi) is 6.53. The summed E-state index contributed by atoms with van der Waals surface area (Å²) in [6.07, 6.45) is 2.69. The summed E-state index contributed by atoms with van der Waals surface area (Å²) in [5.41, 5.74) is 5.38. The Bertz CT molecular complexity index is 561. The summed E-state index contributed by atoms with van der Waals surface area (Å²) < 4.78 is 5.25. The van der Waals surface area contributed by atoms with Crippen LogP contribution >= 0.6 is 0 Å². The molecule has 24 heavy (non-hydrogen) atoms. The van der Waals surface area contributed by atoms with Crippen molar-refractivity contribution in [1.29, 1.82) is 0 Å². The van der Waals surface area contributed by atoms with Crippen molar-refractivity contribution in [3.63, 3.8) is 0 Å². The molecule has 3 amide bonds. The molecule has 2 rings (SSSR count). The second-order valence-electron chi connectivity index (χ2n) is 6.20. The van der Waals surface area contributed by atoms with Gasteiger partial charge in [0.15, 0.2) is 0 Å². The summed E-state index contributed by atoms with van der Waals surface area (Å²) >= 11 is 0. The lowest BCUT2D eigenvalue weighted by molar-refractivity contribution is -0.123. The Balaban J connectivity index is 1.62. The van der Waals surface area contributed by atoms with E-state index in [0.29, 0.717) is 18.3 Å². The minimum atomic E-state index is -0.217. The predicted molar refractivity (Wildman–Crippen MR) is 86.9 cm³/mol. The van der Waals surface area contributed by atoms with Crippen molar-refractivity contribution in [2.24, 2.45) is 11.7 Å². The average Bonchev–Trinajstić information content (AvgIpc) is 2.96. The normalized spacial score (nSPS) is 18.3. The maximum Gasteiger partial charge on any atom is 0.317 e. The second-order valence-corrected chi connectivity index (χ2v) is 6.20. The van der Waals surface area contributed by atoms with E-state index in [1.807, 2.05) is 0 Å². The van der Waals surface area contributed by atoms with Crippen LogP contribution < -0.4 is 11.1 Å². The highest BCUT2D eigenvalue weighted by Gasteiger charge is 2.23. The number of primary amides is 1. The number of amides is 3. The molecule has 0 bridgehead atoms. The monoisotopic (exact) mass is 338 g/mol. The number of nitrogens with two attached hydrogens (primary N) is 1. The number of nitrogens with zero attached hydrogens (tertiary/aromatic N) is 4. The van der Waals surface area contributed by atoms with Gasteiger partial charge in [-0.25, -0.2) is 4.79 Å². The number of aromatic nitrogens is 2. The standard InChI is InChI=1S/C15H26N6O3/c1-11-18-19-13(24-11)10-20(2)15(23)17-6-4-8-21-7-3-5-12(9-21)14(16)22/h12H,3-10H2,1-2H3,(H2,16,22)(H,17,23)/t12-/m0/s1. The van der Waals surface area contributed by atoms with Crippen molar-refractivity contribution in [3.05, 3.63) is 11.8 Å². The Hall–Kier alpha value is -2.16. The van der Waals surface area contributed by atoms with E-state index < -0.39 is 0 Å². The Morgan fingerprint density at radius 2 is 2.25 bits per heavy atom. The highest BCUT2D eigenvalue weighted by molar-refractivity contribution is 5.77. The first-order valence-electron chi connectivity index (χ1n) is 8.25. The van der Waals surface area contributed by atoms with Crippen LogP contribution in [0.2, 0.25) is 0 Å². The van der Waals surface area contributed by atoms with Crippen molar-refractivity contribution >= 4 is 11.9 Å². The molecule has 0 spiro atoms. The van der Waals surface area contributed by atoms with Crippen molar-refractivity contribution in [2.45, 2.75) is 32.7 Å². The van der Waals surface area contributed by atoms with Crippen molar-refractivity contribution in [3.8, 4) is 0 Å². The number of urea groups is 1. The maximum absolute atomic E-state index is 12.0. The first-order valence-corrected chi connectivity index (χ1v) is 8.25. The molecule has 1 aliphatic rings. The molecule has 1 aromatic heterocycles. The van der Waals surface area contributed by atoms with Gasteiger partial charge in [0.25, 0.3) is 0 Å². The molecule has 0 radical (unpaired) electrons. The molecular formula is C15H26N6O3. The van der Waals surface area contributed by atoms with Gasteiger partial charge in [-0.05, 0) is 32.4 Å². The number of hydrogen-bond acceptors (Lipinski definition) is 6. The topological polar surface area (TPSA) is 118 Å². The van der Waals surface area contributed by atoms with Crippen molar-refractivity contribution < 1.29 is 14.0 Å². The number of likely N-dealkylation sites (tertiary alicyclic amines) is 1. The van der Waals surface area contributed by atoms with Crippen LogP contribution in [-0.2, 0) is 11.3 Å². The molecule has 1 aliphatic heterocycles. The van der Waals surface area contributed by atoms with E-state index in [4.69, 9.17) is 10.2 Å². The third-order valence-electron chi connectivity index (χ3n) is 4.12. The summed E-state index contributed by atoms with van der Waals surface area (Å²) in [6, 6.07) is -0.181. The Morgan fingerprint density at radius 1 is 1.46 bits per heavy atom. The van der Waals surface area contributed by atoms with E-state index in [1.54, 1.807) is 14.0 Å². The van der Waals surface area contributed by atoms with Gasteiger partial charge in [-0.1, -0.05) is 0 Å². The fourth-order valence-corrected chi connectivity index (χ4v) is 2.80. The van der Waals surface area contributed by atoms with Crippen molar-refractivity contribution in [1.82, 2.24) is 25.3 Å². The molecule has 134 valence electrons. The van der Waals surface area contributed by atoms with Gasteiger partial charge in [-0.3, -0.25) is 4.79 Å². The number of nitrogens with one attached hydrogen (secondary N) is 1. The number of piperidine rings is 1. The zero-order valence-corrected chi connectivity index (χ0v) is 14.3. The van der Waals surface area contributed by atoms with Gasteiger partial charge in [0.1, 0.15) is 6.54 Å². The summed E-state index contributed by atoms with van der Waals surface area (Å²) in [7, 11) is 1.68. The molecule has 0 aliphatic carbocycles. The first-order chi connectivity index (χ1) is 11.5. The number of aryl methyl sites for hydroxylation is 1. The lowest BCUT2D eigenvalue weighted by atomic mass is 9.97. The molecule has 2 heterocycles. The van der Waals surface area contributed by atoms with E-state index in [1.165, 1.54) is 4.90 Å². The number of rotatable bonds is 7. The van der Waals surface area contributed by atoms with E-state index in [-0.39, 0.29) is 24.4 Å². The first kappa shape index (κ1) is 18.2. The highest BCUT2D eigenvalue weighted by Crippen LogP contribution is 2.15. The van der Waals surface area contributed by atoms with Gasteiger partial charge in [0, 0.05) is 27.1 Å². The molecule has 1 fully saturated rings. The van der Waals surface area contributed by atoms with Crippen LogP contribution in [0.25, 0.3) is 0 Å². The van der Waals surface area contributed by atoms with Crippen LogP contribution in [0, 0.1) is 12.8 Å². The van der Waals surface area contributed by atoms with E-state index in [9.17, 15) is 9.59 Å². The zero-order chi connectivity index (χ0) is 17.5. The summed E-state index contributed by atoms with van der Waals surface area (Å²) in [5, 5.41) is 10.5. The third-order valence-corrected chi connectivity index (χ3v) is 4.12. The molecular weight excluding hydrogens is 312 g/mol. The molecule has 1 aromatic rings. The van der Waals surface area contributed by atoms with Crippen LogP contribution in [0.15, 0.2) is 4.42 Å². The number of carbonyl (C=O) groups is 2. The molecule has 1 saturated heterocycles. The lowest BCUT2D eigenvalue weighted by Gasteiger charge is -2.31.